The first kappa shape index (κ1) is 17.9. The number of aliphatic hydroxyl groups is 1. The molecule has 23 heavy (non-hydrogen) atoms. The summed E-state index contributed by atoms with van der Waals surface area (Å²) in [5.41, 5.74) is 0.892. The van der Waals surface area contributed by atoms with Crippen LogP contribution in [0.25, 0.3) is 0 Å². The highest BCUT2D eigenvalue weighted by Gasteiger charge is 2.32. The Labute approximate surface area is 136 Å². The largest absolute Gasteiger partial charge is 0.465 e. The topological polar surface area (TPSA) is 87.2 Å². The summed E-state index contributed by atoms with van der Waals surface area (Å²) in [7, 11) is -0.609. The number of methoxy groups -OCH3 is 1. The van der Waals surface area contributed by atoms with Crippen LogP contribution < -0.4 is 0 Å². The molecule has 128 valence electrons. The van der Waals surface area contributed by atoms with E-state index in [-0.39, 0.29) is 29.7 Å². The molecule has 8 heteroatoms. The summed E-state index contributed by atoms with van der Waals surface area (Å²) in [5, 5.41) is 9.38. The predicted molar refractivity (Wildman–Crippen MR) is 84.8 cm³/mol. The number of piperazine rings is 1. The molecular weight excluding hydrogens is 320 g/mol. The van der Waals surface area contributed by atoms with Gasteiger partial charge in [-0.3, -0.25) is 4.90 Å². The van der Waals surface area contributed by atoms with Gasteiger partial charge in [-0.15, -0.1) is 0 Å². The van der Waals surface area contributed by atoms with Gasteiger partial charge in [0.15, 0.2) is 0 Å². The van der Waals surface area contributed by atoms with Crippen LogP contribution in [0, 0.1) is 6.92 Å². The number of aryl methyl sites for hydroxylation is 1. The fourth-order valence-corrected chi connectivity index (χ4v) is 4.07. The van der Waals surface area contributed by atoms with Gasteiger partial charge in [0.1, 0.15) is 0 Å². The molecular formula is C15H22N2O5S. The number of nitrogens with zero attached hydrogens (tertiary/aromatic N) is 2. The number of hydrogen-bond donors (Lipinski definition) is 1. The van der Waals surface area contributed by atoms with Gasteiger partial charge >= 0.3 is 5.97 Å². The summed E-state index contributed by atoms with van der Waals surface area (Å²) in [4.78, 5) is 13.8. The molecule has 0 saturated carbocycles. The maximum absolute atomic E-state index is 12.8. The van der Waals surface area contributed by atoms with Crippen LogP contribution in [0.1, 0.15) is 15.9 Å². The second-order valence-corrected chi connectivity index (χ2v) is 7.59. The number of benzene rings is 1. The van der Waals surface area contributed by atoms with Gasteiger partial charge in [0, 0.05) is 25.7 Å². The number of carbonyl (C=O) groups excluding carboxylic acids is 1. The second kappa shape index (κ2) is 6.96. The molecule has 1 N–H and O–H groups in total. The molecule has 1 atom stereocenters. The number of aliphatic hydroxyl groups excluding tert-OH is 1. The molecule has 1 fully saturated rings. The standard InChI is InChI=1S/C15H22N2O5S/c1-11-4-5-13(8-14(11)15(19)22-3)23(20,21)17-7-6-16(2)12(9-17)10-18/h4-5,8,12,18H,6-7,9-10H2,1-3H3. The van der Waals surface area contributed by atoms with Crippen molar-refractivity contribution in [2.75, 3.05) is 40.4 Å². The number of esters is 1. The molecule has 1 aromatic carbocycles. The van der Waals surface area contributed by atoms with Crippen molar-refractivity contribution in [1.29, 1.82) is 0 Å². The van der Waals surface area contributed by atoms with Crippen LogP contribution in [-0.2, 0) is 14.8 Å². The first-order valence-electron chi connectivity index (χ1n) is 7.31. The molecule has 1 aliphatic heterocycles. The number of ether oxygens (including phenoxy) is 1. The third-order valence-corrected chi connectivity index (χ3v) is 6.06. The lowest BCUT2D eigenvalue weighted by Crippen LogP contribution is -2.54. The van der Waals surface area contributed by atoms with Crippen molar-refractivity contribution in [3.63, 3.8) is 0 Å². The Hall–Kier alpha value is -1.48. The van der Waals surface area contributed by atoms with Crippen LogP contribution in [0.2, 0.25) is 0 Å². The summed E-state index contributed by atoms with van der Waals surface area (Å²) >= 11 is 0. The van der Waals surface area contributed by atoms with Crippen molar-refractivity contribution >= 4 is 16.0 Å². The zero-order valence-corrected chi connectivity index (χ0v) is 14.3. The molecule has 0 aliphatic carbocycles. The molecule has 0 spiro atoms. The number of carbonyl (C=O) groups is 1. The minimum absolute atomic E-state index is 0.0599. The van der Waals surface area contributed by atoms with E-state index in [2.05, 4.69) is 0 Å². The predicted octanol–water partition coefficient (Wildman–Crippen LogP) is 0.0786. The number of sulfonamides is 1. The quantitative estimate of drug-likeness (QED) is 0.780. The van der Waals surface area contributed by atoms with Gasteiger partial charge < -0.3 is 9.84 Å². The van der Waals surface area contributed by atoms with E-state index in [0.717, 1.165) is 0 Å². The second-order valence-electron chi connectivity index (χ2n) is 5.65. The molecule has 1 unspecified atom stereocenters. The smallest absolute Gasteiger partial charge is 0.338 e. The maximum atomic E-state index is 12.8. The molecule has 0 bridgehead atoms. The van der Waals surface area contributed by atoms with E-state index < -0.39 is 16.0 Å². The molecule has 0 amide bonds. The monoisotopic (exact) mass is 342 g/mol. The Balaban J connectivity index is 2.35. The van der Waals surface area contributed by atoms with Gasteiger partial charge in [-0.05, 0) is 31.7 Å². The average molecular weight is 342 g/mol. The van der Waals surface area contributed by atoms with Crippen LogP contribution in [0.4, 0.5) is 0 Å². The summed E-state index contributed by atoms with van der Waals surface area (Å²) < 4.78 is 31.6. The van der Waals surface area contributed by atoms with Crippen molar-refractivity contribution in [2.24, 2.45) is 0 Å². The molecule has 1 saturated heterocycles. The lowest BCUT2D eigenvalue weighted by atomic mass is 10.1. The minimum atomic E-state index is -3.72. The minimum Gasteiger partial charge on any atom is -0.465 e. The van der Waals surface area contributed by atoms with Crippen molar-refractivity contribution in [3.8, 4) is 0 Å². The van der Waals surface area contributed by atoms with E-state index >= 15 is 0 Å². The summed E-state index contributed by atoms with van der Waals surface area (Å²) in [6, 6.07) is 4.20. The summed E-state index contributed by atoms with van der Waals surface area (Å²) in [6.45, 7) is 2.72. The van der Waals surface area contributed by atoms with E-state index in [1.165, 1.54) is 23.5 Å². The van der Waals surface area contributed by atoms with Crippen LogP contribution in [0.3, 0.4) is 0 Å². The Morgan fingerprint density at radius 2 is 2.09 bits per heavy atom. The normalized spacial score (nSPS) is 20.4. The zero-order chi connectivity index (χ0) is 17.2. The van der Waals surface area contributed by atoms with Crippen molar-refractivity contribution in [1.82, 2.24) is 9.21 Å². The van der Waals surface area contributed by atoms with E-state index in [0.29, 0.717) is 18.7 Å². The van der Waals surface area contributed by atoms with Crippen LogP contribution in [0.5, 0.6) is 0 Å². The molecule has 7 nitrogen and oxygen atoms in total. The molecule has 2 rings (SSSR count). The highest BCUT2D eigenvalue weighted by atomic mass is 32.2. The van der Waals surface area contributed by atoms with E-state index in [4.69, 9.17) is 4.74 Å². The van der Waals surface area contributed by atoms with E-state index in [1.54, 1.807) is 13.0 Å². The first-order valence-corrected chi connectivity index (χ1v) is 8.75. The highest BCUT2D eigenvalue weighted by molar-refractivity contribution is 7.89. The van der Waals surface area contributed by atoms with Crippen LogP contribution in [-0.4, -0.2) is 75.1 Å². The maximum Gasteiger partial charge on any atom is 0.338 e. The number of hydrogen-bond acceptors (Lipinski definition) is 6. The Morgan fingerprint density at radius 3 is 2.70 bits per heavy atom. The van der Waals surface area contributed by atoms with Crippen molar-refractivity contribution in [3.05, 3.63) is 29.3 Å². The SMILES string of the molecule is COC(=O)c1cc(S(=O)(=O)N2CCN(C)C(CO)C2)ccc1C. The molecule has 1 heterocycles. The van der Waals surface area contributed by atoms with Gasteiger partial charge in [0.2, 0.25) is 10.0 Å². The van der Waals surface area contributed by atoms with Gasteiger partial charge in [-0.1, -0.05) is 6.07 Å². The fourth-order valence-electron chi connectivity index (χ4n) is 2.57. The highest BCUT2D eigenvalue weighted by Crippen LogP contribution is 2.22. The Bertz CT molecular complexity index is 689. The molecule has 1 aromatic rings. The number of likely N-dealkylation sites (N-methyl/N-ethyl adjacent to an activating group) is 1. The average Bonchev–Trinajstić information content (AvgIpc) is 2.54. The van der Waals surface area contributed by atoms with Crippen molar-refractivity contribution in [2.45, 2.75) is 17.9 Å². The zero-order valence-electron chi connectivity index (χ0n) is 13.5. The van der Waals surface area contributed by atoms with E-state index in [9.17, 15) is 18.3 Å². The van der Waals surface area contributed by atoms with Gasteiger partial charge in [0.05, 0.1) is 24.2 Å². The summed E-state index contributed by atoms with van der Waals surface area (Å²) in [5.74, 6) is -0.564. The van der Waals surface area contributed by atoms with Gasteiger partial charge in [0.25, 0.3) is 0 Å². The third kappa shape index (κ3) is 3.55. The van der Waals surface area contributed by atoms with Gasteiger partial charge in [-0.2, -0.15) is 4.31 Å². The van der Waals surface area contributed by atoms with Gasteiger partial charge in [-0.25, -0.2) is 13.2 Å². The fraction of sp³-hybridized carbons (Fsp3) is 0.533. The third-order valence-electron chi connectivity index (χ3n) is 4.20. The Kier molecular flexibility index (Phi) is 5.41. The number of rotatable bonds is 4. The lowest BCUT2D eigenvalue weighted by molar-refractivity contribution is 0.0599. The van der Waals surface area contributed by atoms with E-state index in [1.807, 2.05) is 11.9 Å². The Morgan fingerprint density at radius 1 is 1.39 bits per heavy atom. The molecule has 1 aliphatic rings. The van der Waals surface area contributed by atoms with Crippen LogP contribution >= 0.6 is 0 Å². The molecule has 0 radical (unpaired) electrons. The first-order chi connectivity index (χ1) is 10.8. The van der Waals surface area contributed by atoms with Crippen LogP contribution in [0.15, 0.2) is 23.1 Å². The summed E-state index contributed by atoms with van der Waals surface area (Å²) in [6.07, 6.45) is 0. The lowest BCUT2D eigenvalue weighted by Gasteiger charge is -2.37. The van der Waals surface area contributed by atoms with Crippen molar-refractivity contribution < 1.29 is 23.1 Å². The molecule has 0 aromatic heterocycles.